The van der Waals surface area contributed by atoms with Crippen molar-refractivity contribution in [2.24, 2.45) is 11.1 Å². The molecule has 1 aromatic carbocycles. The van der Waals surface area contributed by atoms with E-state index in [9.17, 15) is 4.79 Å². The molecular formula is C14H18N4O2. The predicted octanol–water partition coefficient (Wildman–Crippen LogP) is 1.97. The van der Waals surface area contributed by atoms with Crippen LogP contribution in [0, 0.1) is 12.3 Å². The van der Waals surface area contributed by atoms with Crippen LogP contribution in [0.5, 0.6) is 0 Å². The Bertz CT molecular complexity index is 619. The van der Waals surface area contributed by atoms with Crippen LogP contribution in [0.25, 0.3) is 11.5 Å². The minimum absolute atomic E-state index is 0.149. The minimum atomic E-state index is -0.641. The SMILES string of the molecule is Cc1noc(-c2ccccc2NC(=O)C(C)(C)CN)n1. The smallest absolute Gasteiger partial charge is 0.260 e. The van der Waals surface area contributed by atoms with Crippen molar-refractivity contribution < 1.29 is 9.32 Å². The van der Waals surface area contributed by atoms with E-state index in [1.54, 1.807) is 26.8 Å². The summed E-state index contributed by atoms with van der Waals surface area (Å²) < 4.78 is 5.15. The number of nitrogens with one attached hydrogen (secondary N) is 1. The van der Waals surface area contributed by atoms with Crippen molar-refractivity contribution in [1.29, 1.82) is 0 Å². The number of nitrogens with two attached hydrogens (primary N) is 1. The number of aryl methyl sites for hydroxylation is 1. The lowest BCUT2D eigenvalue weighted by Crippen LogP contribution is -2.37. The van der Waals surface area contributed by atoms with Crippen molar-refractivity contribution in [3.63, 3.8) is 0 Å². The van der Waals surface area contributed by atoms with Crippen molar-refractivity contribution >= 4 is 11.6 Å². The zero-order chi connectivity index (χ0) is 14.8. The van der Waals surface area contributed by atoms with Crippen molar-refractivity contribution in [1.82, 2.24) is 10.1 Å². The van der Waals surface area contributed by atoms with Gasteiger partial charge in [-0.3, -0.25) is 4.79 Å². The summed E-state index contributed by atoms with van der Waals surface area (Å²) in [5, 5.41) is 6.62. The number of para-hydroxylation sites is 1. The Hall–Kier alpha value is -2.21. The molecule has 2 aromatic rings. The van der Waals surface area contributed by atoms with E-state index in [1.165, 1.54) is 0 Å². The van der Waals surface area contributed by atoms with Crippen LogP contribution in [-0.4, -0.2) is 22.6 Å². The Morgan fingerprint density at radius 3 is 2.70 bits per heavy atom. The highest BCUT2D eigenvalue weighted by atomic mass is 16.5. The lowest BCUT2D eigenvalue weighted by Gasteiger charge is -2.21. The number of carbonyl (C=O) groups is 1. The Kier molecular flexibility index (Phi) is 3.85. The van der Waals surface area contributed by atoms with E-state index < -0.39 is 5.41 Å². The third-order valence-corrected chi connectivity index (χ3v) is 3.06. The van der Waals surface area contributed by atoms with Gasteiger partial charge >= 0.3 is 0 Å². The molecule has 20 heavy (non-hydrogen) atoms. The summed E-state index contributed by atoms with van der Waals surface area (Å²) in [6, 6.07) is 7.29. The van der Waals surface area contributed by atoms with E-state index in [1.807, 2.05) is 18.2 Å². The maximum Gasteiger partial charge on any atom is 0.260 e. The molecule has 0 atom stereocenters. The standard InChI is InChI=1S/C14H18N4O2/c1-9-16-12(20-18-9)10-6-4-5-7-11(10)17-13(19)14(2,3)8-15/h4-7H,8,15H2,1-3H3,(H,17,19). The molecular weight excluding hydrogens is 256 g/mol. The number of nitrogens with zero attached hydrogens (tertiary/aromatic N) is 2. The second kappa shape index (κ2) is 5.42. The fourth-order valence-corrected chi connectivity index (χ4v) is 1.57. The van der Waals surface area contributed by atoms with Crippen LogP contribution in [-0.2, 0) is 4.79 Å². The van der Waals surface area contributed by atoms with E-state index in [4.69, 9.17) is 10.3 Å². The van der Waals surface area contributed by atoms with Gasteiger partial charge in [0.1, 0.15) is 0 Å². The van der Waals surface area contributed by atoms with Gasteiger partial charge < -0.3 is 15.6 Å². The van der Waals surface area contributed by atoms with E-state index >= 15 is 0 Å². The third-order valence-electron chi connectivity index (χ3n) is 3.06. The largest absolute Gasteiger partial charge is 0.334 e. The van der Waals surface area contributed by atoms with Gasteiger partial charge in [0.2, 0.25) is 5.91 Å². The molecule has 1 amide bonds. The van der Waals surface area contributed by atoms with E-state index in [0.29, 0.717) is 23.0 Å². The maximum absolute atomic E-state index is 12.2. The monoisotopic (exact) mass is 274 g/mol. The van der Waals surface area contributed by atoms with Gasteiger partial charge in [0.25, 0.3) is 5.89 Å². The molecule has 1 heterocycles. The van der Waals surface area contributed by atoms with Gasteiger partial charge in [-0.25, -0.2) is 0 Å². The molecule has 0 unspecified atom stereocenters. The van der Waals surface area contributed by atoms with Crippen LogP contribution in [0.15, 0.2) is 28.8 Å². The molecule has 0 spiro atoms. The molecule has 0 saturated carbocycles. The van der Waals surface area contributed by atoms with Gasteiger partial charge in [0.15, 0.2) is 5.82 Å². The number of carbonyl (C=O) groups excluding carboxylic acids is 1. The van der Waals surface area contributed by atoms with Crippen molar-refractivity contribution in [3.8, 4) is 11.5 Å². The summed E-state index contributed by atoms with van der Waals surface area (Å²) in [5.41, 5.74) is 6.29. The molecule has 0 aliphatic heterocycles. The molecule has 106 valence electrons. The second-order valence-corrected chi connectivity index (χ2v) is 5.23. The van der Waals surface area contributed by atoms with Crippen LogP contribution < -0.4 is 11.1 Å². The van der Waals surface area contributed by atoms with Crippen molar-refractivity contribution in [2.75, 3.05) is 11.9 Å². The molecule has 0 saturated heterocycles. The predicted molar refractivity (Wildman–Crippen MR) is 75.9 cm³/mol. The first-order valence-corrected chi connectivity index (χ1v) is 6.35. The zero-order valence-corrected chi connectivity index (χ0v) is 11.8. The molecule has 0 aliphatic rings. The highest BCUT2D eigenvalue weighted by Crippen LogP contribution is 2.27. The first-order valence-electron chi connectivity index (χ1n) is 6.35. The maximum atomic E-state index is 12.2. The van der Waals surface area contributed by atoms with Gasteiger partial charge in [-0.15, -0.1) is 0 Å². The normalized spacial score (nSPS) is 11.4. The van der Waals surface area contributed by atoms with Gasteiger partial charge in [-0.1, -0.05) is 17.3 Å². The fourth-order valence-electron chi connectivity index (χ4n) is 1.57. The highest BCUT2D eigenvalue weighted by Gasteiger charge is 2.26. The summed E-state index contributed by atoms with van der Waals surface area (Å²) in [6.45, 7) is 5.59. The van der Waals surface area contributed by atoms with Crippen molar-refractivity contribution in [2.45, 2.75) is 20.8 Å². The second-order valence-electron chi connectivity index (χ2n) is 5.23. The van der Waals surface area contributed by atoms with Crippen LogP contribution in [0.2, 0.25) is 0 Å². The quantitative estimate of drug-likeness (QED) is 0.888. The molecule has 1 aromatic heterocycles. The minimum Gasteiger partial charge on any atom is -0.334 e. The Labute approximate surface area is 117 Å². The summed E-state index contributed by atoms with van der Waals surface area (Å²) in [7, 11) is 0. The van der Waals surface area contributed by atoms with E-state index in [-0.39, 0.29) is 12.5 Å². The topological polar surface area (TPSA) is 94.0 Å². The highest BCUT2D eigenvalue weighted by molar-refractivity contribution is 5.97. The van der Waals surface area contributed by atoms with Gasteiger partial charge in [-0.05, 0) is 32.9 Å². The van der Waals surface area contributed by atoms with Crippen LogP contribution >= 0.6 is 0 Å². The average molecular weight is 274 g/mol. The Morgan fingerprint density at radius 1 is 1.40 bits per heavy atom. The molecule has 2 rings (SSSR count). The van der Waals surface area contributed by atoms with Gasteiger partial charge in [0.05, 0.1) is 16.7 Å². The lowest BCUT2D eigenvalue weighted by atomic mass is 9.92. The number of amides is 1. The fraction of sp³-hybridized carbons (Fsp3) is 0.357. The molecule has 6 nitrogen and oxygen atoms in total. The number of hydrogen-bond acceptors (Lipinski definition) is 5. The number of aromatic nitrogens is 2. The van der Waals surface area contributed by atoms with Crippen molar-refractivity contribution in [3.05, 3.63) is 30.1 Å². The third kappa shape index (κ3) is 2.85. The molecule has 3 N–H and O–H groups in total. The lowest BCUT2D eigenvalue weighted by molar-refractivity contribution is -0.123. The van der Waals surface area contributed by atoms with Crippen LogP contribution in [0.1, 0.15) is 19.7 Å². The summed E-state index contributed by atoms with van der Waals surface area (Å²) in [5.74, 6) is 0.774. The van der Waals surface area contributed by atoms with E-state index in [0.717, 1.165) is 0 Å². The molecule has 0 fully saturated rings. The summed E-state index contributed by atoms with van der Waals surface area (Å²) >= 11 is 0. The first kappa shape index (κ1) is 14.2. The number of rotatable bonds is 4. The Balaban J connectivity index is 2.32. The summed E-state index contributed by atoms with van der Waals surface area (Å²) in [6.07, 6.45) is 0. The zero-order valence-electron chi connectivity index (χ0n) is 11.8. The molecule has 0 bridgehead atoms. The van der Waals surface area contributed by atoms with Gasteiger partial charge in [-0.2, -0.15) is 4.98 Å². The summed E-state index contributed by atoms with van der Waals surface area (Å²) in [4.78, 5) is 16.4. The number of hydrogen-bond donors (Lipinski definition) is 2. The molecule has 6 heteroatoms. The van der Waals surface area contributed by atoms with Gasteiger partial charge in [0, 0.05) is 6.54 Å². The van der Waals surface area contributed by atoms with Crippen LogP contribution in [0.3, 0.4) is 0 Å². The number of benzene rings is 1. The number of anilines is 1. The average Bonchev–Trinajstić information content (AvgIpc) is 2.85. The molecule has 0 radical (unpaired) electrons. The molecule has 0 aliphatic carbocycles. The first-order chi connectivity index (χ1) is 9.44. The Morgan fingerprint density at radius 2 is 2.10 bits per heavy atom. The van der Waals surface area contributed by atoms with E-state index in [2.05, 4.69) is 15.5 Å². The van der Waals surface area contributed by atoms with Crippen LogP contribution in [0.4, 0.5) is 5.69 Å².